The molecule has 3 nitrogen and oxygen atoms in total. The van der Waals surface area contributed by atoms with Gasteiger partial charge in [0.25, 0.3) is 0 Å². The van der Waals surface area contributed by atoms with E-state index in [0.717, 1.165) is 24.3 Å². The van der Waals surface area contributed by atoms with Gasteiger partial charge in [0, 0.05) is 13.0 Å². The molecule has 0 bridgehead atoms. The minimum Gasteiger partial charge on any atom is -0.497 e. The second kappa shape index (κ2) is 11.5. The Labute approximate surface area is 167 Å². The zero-order valence-corrected chi connectivity index (χ0v) is 19.2. The van der Waals surface area contributed by atoms with E-state index in [1.54, 1.807) is 7.11 Å². The highest BCUT2D eigenvalue weighted by Gasteiger charge is 2.44. The number of methoxy groups -OCH3 is 1. The lowest BCUT2D eigenvalue weighted by Gasteiger charge is -2.42. The van der Waals surface area contributed by atoms with Crippen molar-refractivity contribution >= 4 is 8.32 Å². The maximum absolute atomic E-state index is 6.65. The first-order valence-corrected chi connectivity index (χ1v) is 12.2. The molecule has 0 radical (unpaired) electrons. The summed E-state index contributed by atoms with van der Waals surface area (Å²) in [6, 6.07) is 7.95. The summed E-state index contributed by atoms with van der Waals surface area (Å²) in [4.78, 5) is 0. The van der Waals surface area contributed by atoms with Crippen molar-refractivity contribution in [3.63, 3.8) is 0 Å². The van der Waals surface area contributed by atoms with Crippen molar-refractivity contribution in [1.82, 2.24) is 0 Å². The van der Waals surface area contributed by atoms with Crippen LogP contribution in [0.4, 0.5) is 0 Å². The minimum absolute atomic E-state index is 0.0234. The SMILES string of the molecule is C#CC[C@@H](CCO[Si](C(C)C)(C(C)C)C(C)C)OCc1ccc(OC)cc1. The van der Waals surface area contributed by atoms with Crippen LogP contribution >= 0.6 is 0 Å². The Balaban J connectivity index is 2.64. The summed E-state index contributed by atoms with van der Waals surface area (Å²) in [5, 5.41) is 0. The lowest BCUT2D eigenvalue weighted by molar-refractivity contribution is 0.0282. The lowest BCUT2D eigenvalue weighted by atomic mass is 10.2. The van der Waals surface area contributed by atoms with Gasteiger partial charge in [-0.15, -0.1) is 12.3 Å². The average Bonchev–Trinajstić information content (AvgIpc) is 2.62. The molecule has 0 N–H and O–H groups in total. The van der Waals surface area contributed by atoms with Gasteiger partial charge in [-0.25, -0.2) is 0 Å². The molecule has 0 unspecified atom stereocenters. The number of hydrogen-bond donors (Lipinski definition) is 0. The van der Waals surface area contributed by atoms with Gasteiger partial charge < -0.3 is 13.9 Å². The smallest absolute Gasteiger partial charge is 0.200 e. The summed E-state index contributed by atoms with van der Waals surface area (Å²) in [6.07, 6.45) is 7.03. The number of ether oxygens (including phenoxy) is 2. The van der Waals surface area contributed by atoms with Crippen LogP contribution in [-0.2, 0) is 15.8 Å². The van der Waals surface area contributed by atoms with Crippen LogP contribution in [0.3, 0.4) is 0 Å². The van der Waals surface area contributed by atoms with Gasteiger partial charge in [0.1, 0.15) is 5.75 Å². The number of hydrogen-bond acceptors (Lipinski definition) is 3. The van der Waals surface area contributed by atoms with Crippen LogP contribution in [0.5, 0.6) is 5.75 Å². The van der Waals surface area contributed by atoms with Gasteiger partial charge in [-0.2, -0.15) is 0 Å². The van der Waals surface area contributed by atoms with Gasteiger partial charge in [0.2, 0.25) is 0 Å². The van der Waals surface area contributed by atoms with E-state index in [-0.39, 0.29) is 6.10 Å². The molecule has 1 aromatic rings. The summed E-state index contributed by atoms with van der Waals surface area (Å²) in [5.41, 5.74) is 2.88. The fourth-order valence-corrected chi connectivity index (χ4v) is 9.65. The van der Waals surface area contributed by atoms with Crippen molar-refractivity contribution in [2.75, 3.05) is 13.7 Å². The molecule has 0 fully saturated rings. The topological polar surface area (TPSA) is 27.7 Å². The Hall–Kier alpha value is -1.28. The molecular weight excluding hydrogens is 352 g/mol. The normalized spacial score (nSPS) is 13.2. The molecular formula is C23H38O3Si. The maximum atomic E-state index is 6.65. The van der Waals surface area contributed by atoms with E-state index >= 15 is 0 Å². The Morgan fingerprint density at radius 2 is 1.52 bits per heavy atom. The van der Waals surface area contributed by atoms with Gasteiger partial charge in [0.15, 0.2) is 8.32 Å². The van der Waals surface area contributed by atoms with Gasteiger partial charge in [-0.1, -0.05) is 53.7 Å². The average molecular weight is 391 g/mol. The third-order valence-electron chi connectivity index (χ3n) is 5.49. The standard InChI is InChI=1S/C23H38O3Si/c1-9-10-23(25-17-21-11-13-22(24-8)14-12-21)15-16-26-27(18(2)3,19(4)5)20(6)7/h1,11-14,18-20,23H,10,15-17H2,2-8H3/t23-/m0/s1. The summed E-state index contributed by atoms with van der Waals surface area (Å²) in [5.74, 6) is 3.60. The van der Waals surface area contributed by atoms with Crippen LogP contribution in [0.2, 0.25) is 16.6 Å². The van der Waals surface area contributed by atoms with E-state index in [0.29, 0.717) is 29.7 Å². The second-order valence-electron chi connectivity index (χ2n) is 8.14. The van der Waals surface area contributed by atoms with Crippen LogP contribution in [0.25, 0.3) is 0 Å². The molecule has 0 spiro atoms. The van der Waals surface area contributed by atoms with Crippen LogP contribution < -0.4 is 4.74 Å². The number of benzene rings is 1. The third-order valence-corrected chi connectivity index (χ3v) is 11.6. The Morgan fingerprint density at radius 3 is 1.96 bits per heavy atom. The van der Waals surface area contributed by atoms with Crippen LogP contribution in [-0.4, -0.2) is 28.1 Å². The third kappa shape index (κ3) is 6.67. The quantitative estimate of drug-likeness (QED) is 0.315. The molecule has 0 aromatic heterocycles. The second-order valence-corrected chi connectivity index (χ2v) is 13.6. The Bertz CT molecular complexity index is 551. The van der Waals surface area contributed by atoms with E-state index < -0.39 is 8.32 Å². The van der Waals surface area contributed by atoms with Crippen LogP contribution in [0.15, 0.2) is 24.3 Å². The molecule has 152 valence electrons. The molecule has 0 amide bonds. The van der Waals surface area contributed by atoms with Gasteiger partial charge in [-0.05, 0) is 40.7 Å². The molecule has 4 heteroatoms. The molecule has 0 aliphatic heterocycles. The largest absolute Gasteiger partial charge is 0.497 e. The summed E-state index contributed by atoms with van der Waals surface area (Å²) in [7, 11) is -0.166. The Kier molecular flexibility index (Phi) is 10.1. The molecule has 0 heterocycles. The molecule has 1 aromatic carbocycles. The fraction of sp³-hybridized carbons (Fsp3) is 0.652. The molecule has 0 saturated carbocycles. The maximum Gasteiger partial charge on any atom is 0.200 e. The molecule has 0 saturated heterocycles. The van der Waals surface area contributed by atoms with E-state index in [1.165, 1.54) is 0 Å². The summed E-state index contributed by atoms with van der Waals surface area (Å²) < 4.78 is 17.9. The molecule has 1 rings (SSSR count). The molecule has 0 aliphatic rings. The fourth-order valence-electron chi connectivity index (χ4n) is 4.18. The van der Waals surface area contributed by atoms with E-state index in [4.69, 9.17) is 20.3 Å². The molecule has 1 atom stereocenters. The predicted octanol–water partition coefficient (Wildman–Crippen LogP) is 6.19. The first kappa shape index (κ1) is 23.8. The van der Waals surface area contributed by atoms with Gasteiger partial charge >= 0.3 is 0 Å². The van der Waals surface area contributed by atoms with Crippen LogP contribution in [0.1, 0.15) is 59.9 Å². The summed E-state index contributed by atoms with van der Waals surface area (Å²) in [6.45, 7) is 15.1. The lowest BCUT2D eigenvalue weighted by Crippen LogP contribution is -2.48. The molecule has 0 aliphatic carbocycles. The monoisotopic (exact) mass is 390 g/mol. The predicted molar refractivity (Wildman–Crippen MR) is 117 cm³/mol. The first-order chi connectivity index (χ1) is 12.8. The zero-order valence-electron chi connectivity index (χ0n) is 18.2. The van der Waals surface area contributed by atoms with Crippen LogP contribution in [0, 0.1) is 12.3 Å². The Morgan fingerprint density at radius 1 is 0.963 bits per heavy atom. The van der Waals surface area contributed by atoms with E-state index in [1.807, 2.05) is 24.3 Å². The van der Waals surface area contributed by atoms with Gasteiger partial charge in [-0.3, -0.25) is 0 Å². The van der Waals surface area contributed by atoms with Crippen molar-refractivity contribution in [1.29, 1.82) is 0 Å². The minimum atomic E-state index is -1.84. The highest BCUT2D eigenvalue weighted by Crippen LogP contribution is 2.42. The van der Waals surface area contributed by atoms with Crippen molar-refractivity contribution in [3.05, 3.63) is 29.8 Å². The van der Waals surface area contributed by atoms with Gasteiger partial charge in [0.05, 0.1) is 19.8 Å². The zero-order chi connectivity index (χ0) is 20.4. The van der Waals surface area contributed by atoms with Crippen molar-refractivity contribution in [3.8, 4) is 18.1 Å². The number of terminal acetylenes is 1. The summed E-state index contributed by atoms with van der Waals surface area (Å²) >= 11 is 0. The van der Waals surface area contributed by atoms with Crippen molar-refractivity contribution in [2.24, 2.45) is 0 Å². The van der Waals surface area contributed by atoms with E-state index in [2.05, 4.69) is 47.5 Å². The first-order valence-electron chi connectivity index (χ1n) is 10.1. The highest BCUT2D eigenvalue weighted by molar-refractivity contribution is 6.77. The van der Waals surface area contributed by atoms with E-state index in [9.17, 15) is 0 Å². The highest BCUT2D eigenvalue weighted by atomic mass is 28.4. The molecule has 27 heavy (non-hydrogen) atoms. The van der Waals surface area contributed by atoms with Crippen molar-refractivity contribution < 1.29 is 13.9 Å². The van der Waals surface area contributed by atoms with Crippen molar-refractivity contribution in [2.45, 2.75) is 83.7 Å². The number of rotatable bonds is 12.